The first kappa shape index (κ1) is 26.9. The standard InChI is InChI=1S/C31H19F3NO4Si/c32-23-12-6-20(7-13-23)29-28(38-26-4-2-1-3-5-26)19-18-27(30(29)35(36)37)31(39-40,21-8-14-24(33)15-9-21)22-10-16-25(34)17-11-22/h1-19H. The molecule has 0 atom stereocenters. The fourth-order valence-corrected chi connectivity index (χ4v) is 5.01. The number of nitro groups is 1. The normalized spacial score (nSPS) is 11.3. The molecule has 5 aromatic carbocycles. The molecule has 9 heteroatoms. The van der Waals surface area contributed by atoms with Gasteiger partial charge in [-0.2, -0.15) is 0 Å². The zero-order valence-electron chi connectivity index (χ0n) is 20.7. The molecule has 197 valence electrons. The summed E-state index contributed by atoms with van der Waals surface area (Å²) in [4.78, 5) is 12.3. The second-order valence-corrected chi connectivity index (χ2v) is 9.02. The molecular formula is C31H19F3NO4Si. The van der Waals surface area contributed by atoms with Gasteiger partial charge in [0.2, 0.25) is 10.5 Å². The maximum atomic E-state index is 14.0. The summed E-state index contributed by atoms with van der Waals surface area (Å²) in [6.45, 7) is 0. The zero-order chi connectivity index (χ0) is 28.3. The third kappa shape index (κ3) is 5.00. The van der Waals surface area contributed by atoms with E-state index in [0.29, 0.717) is 22.4 Å². The monoisotopic (exact) mass is 554 g/mol. The first-order valence-electron chi connectivity index (χ1n) is 12.0. The van der Waals surface area contributed by atoms with Crippen LogP contribution >= 0.6 is 0 Å². The van der Waals surface area contributed by atoms with Gasteiger partial charge in [0.05, 0.1) is 10.5 Å². The van der Waals surface area contributed by atoms with Crippen LogP contribution in [0.5, 0.6) is 11.5 Å². The molecular weight excluding hydrogens is 535 g/mol. The number of halogens is 3. The lowest BCUT2D eigenvalue weighted by molar-refractivity contribution is -0.385. The number of ether oxygens (including phenoxy) is 1. The molecule has 40 heavy (non-hydrogen) atoms. The fourth-order valence-electron chi connectivity index (χ4n) is 4.66. The average Bonchev–Trinajstić information content (AvgIpc) is 2.96. The van der Waals surface area contributed by atoms with Crippen LogP contribution in [0, 0.1) is 27.6 Å². The van der Waals surface area contributed by atoms with Gasteiger partial charge >= 0.3 is 0 Å². The fraction of sp³-hybridized carbons (Fsp3) is 0.0323. The zero-order valence-corrected chi connectivity index (χ0v) is 21.7. The van der Waals surface area contributed by atoms with Crippen molar-refractivity contribution in [2.24, 2.45) is 0 Å². The summed E-state index contributed by atoms with van der Waals surface area (Å²) in [6, 6.07) is 27.4. The van der Waals surface area contributed by atoms with E-state index < -0.39 is 33.7 Å². The van der Waals surface area contributed by atoms with Crippen LogP contribution in [0.3, 0.4) is 0 Å². The van der Waals surface area contributed by atoms with Crippen molar-refractivity contribution in [3.8, 4) is 22.6 Å². The van der Waals surface area contributed by atoms with Gasteiger partial charge < -0.3 is 9.16 Å². The SMILES string of the molecule is O=[N+]([O-])c1c(C(O[Si])(c2ccc(F)cc2)c2ccc(F)cc2)ccc(Oc2ccccc2)c1-c1ccc(F)cc1. The van der Waals surface area contributed by atoms with Gasteiger partial charge in [-0.1, -0.05) is 54.6 Å². The molecule has 5 aromatic rings. The highest BCUT2D eigenvalue weighted by Gasteiger charge is 2.43. The van der Waals surface area contributed by atoms with Crippen molar-refractivity contribution < 1.29 is 27.3 Å². The lowest BCUT2D eigenvalue weighted by Gasteiger charge is -2.35. The van der Waals surface area contributed by atoms with Crippen molar-refractivity contribution in [2.45, 2.75) is 5.60 Å². The number of nitro benzene ring substituents is 1. The van der Waals surface area contributed by atoms with E-state index in [2.05, 4.69) is 10.5 Å². The Labute approximate surface area is 231 Å². The van der Waals surface area contributed by atoms with E-state index in [1.807, 2.05) is 0 Å². The maximum Gasteiger partial charge on any atom is 0.287 e. The van der Waals surface area contributed by atoms with Crippen LogP contribution in [0.15, 0.2) is 115 Å². The second-order valence-electron chi connectivity index (χ2n) is 8.81. The van der Waals surface area contributed by atoms with Crippen LogP contribution in [0.1, 0.15) is 16.7 Å². The van der Waals surface area contributed by atoms with Crippen molar-refractivity contribution in [1.29, 1.82) is 0 Å². The number of benzene rings is 5. The van der Waals surface area contributed by atoms with Gasteiger partial charge in [-0.15, -0.1) is 0 Å². The van der Waals surface area contributed by atoms with Crippen molar-refractivity contribution in [2.75, 3.05) is 0 Å². The van der Waals surface area contributed by atoms with E-state index in [0.717, 1.165) is 0 Å². The molecule has 5 nitrogen and oxygen atoms in total. The smallest absolute Gasteiger partial charge is 0.287 e. The molecule has 0 unspecified atom stereocenters. The van der Waals surface area contributed by atoms with E-state index in [4.69, 9.17) is 9.16 Å². The third-order valence-electron chi connectivity index (χ3n) is 6.46. The Morgan fingerprint density at radius 3 is 1.65 bits per heavy atom. The molecule has 0 fully saturated rings. The molecule has 0 bridgehead atoms. The molecule has 0 aliphatic heterocycles. The molecule has 0 amide bonds. The summed E-state index contributed by atoms with van der Waals surface area (Å²) in [5, 5.41) is 12.9. The number of hydrogen-bond donors (Lipinski definition) is 0. The summed E-state index contributed by atoms with van der Waals surface area (Å²) in [6.07, 6.45) is 0. The van der Waals surface area contributed by atoms with Crippen molar-refractivity contribution >= 4 is 16.2 Å². The topological polar surface area (TPSA) is 61.6 Å². The Kier molecular flexibility index (Phi) is 7.50. The number of nitrogens with zero attached hydrogens (tertiary/aromatic N) is 1. The van der Waals surface area contributed by atoms with E-state index in [1.165, 1.54) is 78.9 Å². The quantitative estimate of drug-likeness (QED) is 0.0848. The van der Waals surface area contributed by atoms with Crippen molar-refractivity contribution in [3.05, 3.63) is 160 Å². The lowest BCUT2D eigenvalue weighted by atomic mass is 9.78. The van der Waals surface area contributed by atoms with E-state index in [1.54, 1.807) is 36.4 Å². The summed E-state index contributed by atoms with van der Waals surface area (Å²) in [5.74, 6) is -1.02. The number of hydrogen-bond acceptors (Lipinski definition) is 4. The van der Waals surface area contributed by atoms with Gasteiger partial charge in [0, 0.05) is 0 Å². The summed E-state index contributed by atoms with van der Waals surface area (Å²) < 4.78 is 53.8. The van der Waals surface area contributed by atoms with E-state index in [9.17, 15) is 23.3 Å². The van der Waals surface area contributed by atoms with Crippen LogP contribution in [0.2, 0.25) is 0 Å². The second kappa shape index (κ2) is 11.2. The molecule has 5 rings (SSSR count). The molecule has 3 radical (unpaired) electrons. The molecule has 0 spiro atoms. The minimum Gasteiger partial charge on any atom is -0.456 e. The first-order chi connectivity index (χ1) is 19.3. The summed E-state index contributed by atoms with van der Waals surface area (Å²) >= 11 is 0. The van der Waals surface area contributed by atoms with Crippen molar-refractivity contribution in [1.82, 2.24) is 0 Å². The Balaban J connectivity index is 1.87. The minimum atomic E-state index is -1.75. The average molecular weight is 555 g/mol. The van der Waals surface area contributed by atoms with Gasteiger partial charge in [0.15, 0.2) is 0 Å². The highest BCUT2D eigenvalue weighted by Crippen LogP contribution is 2.50. The molecule has 0 N–H and O–H groups in total. The highest BCUT2D eigenvalue weighted by atomic mass is 28.2. The highest BCUT2D eigenvalue weighted by molar-refractivity contribution is 5.99. The Morgan fingerprint density at radius 2 is 1.18 bits per heavy atom. The van der Waals surface area contributed by atoms with Gasteiger partial charge in [0.25, 0.3) is 5.69 Å². The number of para-hydroxylation sites is 1. The largest absolute Gasteiger partial charge is 0.456 e. The van der Waals surface area contributed by atoms with Gasteiger partial charge in [0.1, 0.15) is 40.1 Å². The van der Waals surface area contributed by atoms with Crippen LogP contribution in [-0.4, -0.2) is 15.4 Å². The van der Waals surface area contributed by atoms with Gasteiger partial charge in [-0.3, -0.25) is 10.1 Å². The summed E-state index contributed by atoms with van der Waals surface area (Å²) in [7, 11) is 3.14. The molecule has 0 heterocycles. The molecule has 0 aliphatic rings. The lowest BCUT2D eigenvalue weighted by Crippen LogP contribution is -2.33. The number of rotatable bonds is 8. The minimum absolute atomic E-state index is 0.0328. The molecule has 0 aliphatic carbocycles. The van der Waals surface area contributed by atoms with Crippen LogP contribution in [0.25, 0.3) is 11.1 Å². The third-order valence-corrected chi connectivity index (χ3v) is 6.77. The van der Waals surface area contributed by atoms with Gasteiger partial charge in [-0.25, -0.2) is 13.2 Å². The van der Waals surface area contributed by atoms with Crippen LogP contribution in [-0.2, 0) is 10.0 Å². The Morgan fingerprint density at radius 1 is 0.675 bits per heavy atom. The van der Waals surface area contributed by atoms with Crippen LogP contribution < -0.4 is 4.74 Å². The first-order valence-corrected chi connectivity index (χ1v) is 12.4. The van der Waals surface area contributed by atoms with E-state index in [-0.39, 0.29) is 16.9 Å². The van der Waals surface area contributed by atoms with Crippen LogP contribution in [0.4, 0.5) is 18.9 Å². The summed E-state index contributed by atoms with van der Waals surface area (Å²) in [5.41, 5.74) is -1.12. The Bertz CT molecular complexity index is 1600. The molecule has 0 aromatic heterocycles. The van der Waals surface area contributed by atoms with Crippen molar-refractivity contribution in [3.63, 3.8) is 0 Å². The predicted molar refractivity (Wildman–Crippen MR) is 145 cm³/mol. The predicted octanol–water partition coefficient (Wildman–Crippen LogP) is 7.86. The Hall–Kier alpha value is -4.73. The van der Waals surface area contributed by atoms with E-state index >= 15 is 0 Å². The maximum absolute atomic E-state index is 14.0. The molecule has 0 saturated carbocycles. The molecule has 0 saturated heterocycles. The van der Waals surface area contributed by atoms with Gasteiger partial charge in [-0.05, 0) is 77.4 Å².